The number of Topliss-reactive ketones (excluding diaryl/α,β-unsaturated/α-hetero) is 1. The average Bonchev–Trinajstić information content (AvgIpc) is 3.30. The van der Waals surface area contributed by atoms with E-state index < -0.39 is 11.9 Å². The van der Waals surface area contributed by atoms with Crippen LogP contribution in [0, 0.1) is 13.8 Å². The Labute approximate surface area is 200 Å². The van der Waals surface area contributed by atoms with Crippen molar-refractivity contribution >= 4 is 44.9 Å². The number of benzene rings is 1. The Kier molecular flexibility index (Phi) is 6.30. The normalized spacial score (nSPS) is 11.0. The Morgan fingerprint density at radius 3 is 2.56 bits per heavy atom. The van der Waals surface area contributed by atoms with E-state index in [1.54, 1.807) is 24.6 Å². The highest BCUT2D eigenvalue weighted by Crippen LogP contribution is 2.35. The second-order valence-electron chi connectivity index (χ2n) is 7.87. The molecule has 4 aromatic rings. The predicted octanol–water partition coefficient (Wildman–Crippen LogP) is 4.95. The number of thiophene rings is 1. The number of ether oxygens (including phenoxy) is 1. The summed E-state index contributed by atoms with van der Waals surface area (Å²) in [6, 6.07) is 9.08. The quantitative estimate of drug-likeness (QED) is 0.312. The molecule has 8 nitrogen and oxygen atoms in total. The topological polar surface area (TPSA) is 103 Å². The molecule has 1 N–H and O–H groups in total. The Balaban J connectivity index is 1.83. The number of amides is 1. The summed E-state index contributed by atoms with van der Waals surface area (Å²) in [4.78, 5) is 43.4. The second-order valence-corrected chi connectivity index (χ2v) is 8.89. The lowest BCUT2D eigenvalue weighted by molar-refractivity contribution is 0.0527. The van der Waals surface area contributed by atoms with Crippen LogP contribution in [0.15, 0.2) is 36.5 Å². The SMILES string of the molecule is CCOC(=O)c1c(NC(=O)c2cc(-c3cn(C)nc3C)nc3ccccc23)sc(C(C)=O)c1C. The molecular formula is C25H24N4O4S. The standard InChI is InChI=1S/C25H24N4O4S/c1-6-33-25(32)21-13(2)22(15(4)30)34-24(21)27-23(31)17-11-20(18-12-29(5)28-14(18)3)26-19-10-8-7-9-16(17)19/h7-12H,6H2,1-5H3,(H,27,31). The summed E-state index contributed by atoms with van der Waals surface area (Å²) >= 11 is 1.07. The van der Waals surface area contributed by atoms with Crippen LogP contribution in [-0.2, 0) is 11.8 Å². The number of nitrogens with zero attached hydrogens (tertiary/aromatic N) is 3. The van der Waals surface area contributed by atoms with Crippen LogP contribution in [-0.4, -0.2) is 39.0 Å². The van der Waals surface area contributed by atoms with Crippen molar-refractivity contribution in [1.82, 2.24) is 14.8 Å². The lowest BCUT2D eigenvalue weighted by atomic mass is 10.0. The lowest BCUT2D eigenvalue weighted by Gasteiger charge is -2.11. The minimum absolute atomic E-state index is 0.180. The number of carbonyl (C=O) groups excluding carboxylic acids is 3. The number of pyridine rings is 1. The number of ketones is 1. The maximum Gasteiger partial charge on any atom is 0.341 e. The van der Waals surface area contributed by atoms with Crippen molar-refractivity contribution in [2.45, 2.75) is 27.7 Å². The largest absolute Gasteiger partial charge is 0.462 e. The highest BCUT2D eigenvalue weighted by Gasteiger charge is 2.26. The van der Waals surface area contributed by atoms with E-state index in [-0.39, 0.29) is 23.0 Å². The molecule has 0 aliphatic rings. The van der Waals surface area contributed by atoms with E-state index in [4.69, 9.17) is 9.72 Å². The van der Waals surface area contributed by atoms with Crippen LogP contribution in [0.1, 0.15) is 55.5 Å². The van der Waals surface area contributed by atoms with Crippen LogP contribution in [0.25, 0.3) is 22.2 Å². The summed E-state index contributed by atoms with van der Waals surface area (Å²) in [6.45, 7) is 6.88. The smallest absolute Gasteiger partial charge is 0.341 e. The number of esters is 1. The summed E-state index contributed by atoms with van der Waals surface area (Å²) in [5.41, 5.74) is 3.98. The number of para-hydroxylation sites is 1. The zero-order valence-corrected chi connectivity index (χ0v) is 20.4. The number of aryl methyl sites for hydroxylation is 2. The predicted molar refractivity (Wildman–Crippen MR) is 132 cm³/mol. The van der Waals surface area contributed by atoms with Crippen LogP contribution in [0.3, 0.4) is 0 Å². The molecule has 34 heavy (non-hydrogen) atoms. The number of hydrogen-bond donors (Lipinski definition) is 1. The minimum atomic E-state index is -0.578. The van der Waals surface area contributed by atoms with Gasteiger partial charge in [-0.3, -0.25) is 14.3 Å². The second kappa shape index (κ2) is 9.18. The van der Waals surface area contributed by atoms with Crippen molar-refractivity contribution in [2.24, 2.45) is 7.05 Å². The molecule has 0 atom stereocenters. The van der Waals surface area contributed by atoms with Gasteiger partial charge in [-0.15, -0.1) is 11.3 Å². The summed E-state index contributed by atoms with van der Waals surface area (Å²) in [5.74, 6) is -1.18. The first-order chi connectivity index (χ1) is 16.2. The van der Waals surface area contributed by atoms with Gasteiger partial charge in [-0.1, -0.05) is 18.2 Å². The molecule has 0 radical (unpaired) electrons. The van der Waals surface area contributed by atoms with Crippen molar-refractivity contribution in [3.8, 4) is 11.3 Å². The molecule has 0 unspecified atom stereocenters. The third-order valence-electron chi connectivity index (χ3n) is 5.42. The molecule has 3 heterocycles. The molecular weight excluding hydrogens is 452 g/mol. The van der Waals surface area contributed by atoms with E-state index in [1.165, 1.54) is 6.92 Å². The molecule has 0 bridgehead atoms. The maximum atomic E-state index is 13.5. The molecule has 1 amide bonds. The van der Waals surface area contributed by atoms with Gasteiger partial charge in [0.25, 0.3) is 5.91 Å². The fourth-order valence-corrected chi connectivity index (χ4v) is 4.99. The zero-order chi connectivity index (χ0) is 24.6. The minimum Gasteiger partial charge on any atom is -0.462 e. The number of anilines is 1. The molecule has 0 aliphatic carbocycles. The first-order valence-electron chi connectivity index (χ1n) is 10.7. The Morgan fingerprint density at radius 2 is 1.91 bits per heavy atom. The third kappa shape index (κ3) is 4.22. The first-order valence-corrected chi connectivity index (χ1v) is 11.6. The molecule has 4 rings (SSSR count). The summed E-state index contributed by atoms with van der Waals surface area (Å²) in [7, 11) is 1.83. The Bertz CT molecular complexity index is 1450. The van der Waals surface area contributed by atoms with Gasteiger partial charge >= 0.3 is 5.97 Å². The van der Waals surface area contributed by atoms with Crippen LogP contribution < -0.4 is 5.32 Å². The Hall–Kier alpha value is -3.85. The zero-order valence-electron chi connectivity index (χ0n) is 19.6. The van der Waals surface area contributed by atoms with E-state index in [1.807, 2.05) is 44.4 Å². The first kappa shape index (κ1) is 23.3. The van der Waals surface area contributed by atoms with Crippen LogP contribution in [0.4, 0.5) is 5.00 Å². The summed E-state index contributed by atoms with van der Waals surface area (Å²) in [5, 5.41) is 8.19. The number of hydrogen-bond acceptors (Lipinski definition) is 7. The third-order valence-corrected chi connectivity index (χ3v) is 6.73. The lowest BCUT2D eigenvalue weighted by Crippen LogP contribution is -2.15. The van der Waals surface area contributed by atoms with Crippen molar-refractivity contribution in [3.63, 3.8) is 0 Å². The van der Waals surface area contributed by atoms with Crippen LogP contribution >= 0.6 is 11.3 Å². The van der Waals surface area contributed by atoms with Crippen molar-refractivity contribution in [1.29, 1.82) is 0 Å². The molecule has 0 saturated heterocycles. The number of rotatable bonds is 6. The summed E-state index contributed by atoms with van der Waals surface area (Å²) < 4.78 is 6.88. The van der Waals surface area contributed by atoms with Crippen molar-refractivity contribution in [2.75, 3.05) is 11.9 Å². The fourth-order valence-electron chi connectivity index (χ4n) is 3.91. The van der Waals surface area contributed by atoms with E-state index in [9.17, 15) is 14.4 Å². The fraction of sp³-hybridized carbons (Fsp3) is 0.240. The van der Waals surface area contributed by atoms with E-state index in [0.717, 1.165) is 22.6 Å². The maximum absolute atomic E-state index is 13.5. The number of nitrogens with one attached hydrogen (secondary N) is 1. The molecule has 0 saturated carbocycles. The highest BCUT2D eigenvalue weighted by atomic mass is 32.1. The van der Waals surface area contributed by atoms with Gasteiger partial charge in [-0.2, -0.15) is 5.10 Å². The molecule has 174 valence electrons. The highest BCUT2D eigenvalue weighted by molar-refractivity contribution is 7.18. The molecule has 0 spiro atoms. The van der Waals surface area contributed by atoms with E-state index in [0.29, 0.717) is 32.6 Å². The van der Waals surface area contributed by atoms with Gasteiger partial charge in [0, 0.05) is 24.2 Å². The molecule has 3 aromatic heterocycles. The van der Waals surface area contributed by atoms with E-state index in [2.05, 4.69) is 10.4 Å². The number of aromatic nitrogens is 3. The van der Waals surface area contributed by atoms with Gasteiger partial charge in [0.1, 0.15) is 5.00 Å². The van der Waals surface area contributed by atoms with Crippen molar-refractivity contribution in [3.05, 3.63) is 63.8 Å². The molecule has 1 aromatic carbocycles. The van der Waals surface area contributed by atoms with Gasteiger partial charge < -0.3 is 10.1 Å². The van der Waals surface area contributed by atoms with Gasteiger partial charge in [0.05, 0.1) is 39.5 Å². The molecule has 0 fully saturated rings. The Morgan fingerprint density at radius 1 is 1.18 bits per heavy atom. The van der Waals surface area contributed by atoms with Crippen LogP contribution in [0.2, 0.25) is 0 Å². The molecule has 0 aliphatic heterocycles. The van der Waals surface area contributed by atoms with Gasteiger partial charge in [0.15, 0.2) is 5.78 Å². The van der Waals surface area contributed by atoms with Crippen molar-refractivity contribution < 1.29 is 19.1 Å². The molecule has 9 heteroatoms. The van der Waals surface area contributed by atoms with Crippen LogP contribution in [0.5, 0.6) is 0 Å². The van der Waals surface area contributed by atoms with E-state index >= 15 is 0 Å². The van der Waals surface area contributed by atoms with Gasteiger partial charge in [-0.25, -0.2) is 9.78 Å². The summed E-state index contributed by atoms with van der Waals surface area (Å²) in [6.07, 6.45) is 1.86. The van der Waals surface area contributed by atoms with Gasteiger partial charge in [-0.05, 0) is 45.4 Å². The van der Waals surface area contributed by atoms with Gasteiger partial charge in [0.2, 0.25) is 0 Å². The number of carbonyl (C=O) groups is 3. The monoisotopic (exact) mass is 476 g/mol. The average molecular weight is 477 g/mol. The number of fused-ring (bicyclic) bond motifs is 1.